The van der Waals surface area contributed by atoms with Gasteiger partial charge in [-0.3, -0.25) is 0 Å². The maximum absolute atomic E-state index is 5.01. The summed E-state index contributed by atoms with van der Waals surface area (Å²) >= 11 is 9.31. The molecule has 0 fully saturated rings. The third-order valence-corrected chi connectivity index (χ3v) is 0. The molecule has 0 aromatic heterocycles. The molecule has 0 bridgehead atoms. The van der Waals surface area contributed by atoms with Crippen molar-refractivity contribution in [2.75, 3.05) is 0 Å². The van der Waals surface area contributed by atoms with Crippen molar-refractivity contribution < 1.29 is 1.43 Å². The molecular formula is C5H17ClS. The Kier molecular flexibility index (Phi) is 60.7. The highest BCUT2D eigenvalue weighted by Gasteiger charge is 1.60. The molecule has 0 aromatic carbocycles. The minimum atomic E-state index is 0. The zero-order valence-corrected chi connectivity index (χ0v) is 3.86. The highest BCUT2D eigenvalue weighted by atomic mass is 35.5. The second-order valence-electron chi connectivity index (χ2n) is 0.470. The van der Waals surface area contributed by atoms with Crippen LogP contribution in [0.2, 0.25) is 0 Å². The van der Waals surface area contributed by atoms with Crippen LogP contribution in [-0.2, 0) is 0 Å². The molecule has 0 aromatic rings. The lowest BCUT2D eigenvalue weighted by Gasteiger charge is -1.57. The van der Waals surface area contributed by atoms with E-state index in [1.165, 1.54) is 0 Å². The van der Waals surface area contributed by atoms with Crippen LogP contribution in [0, 0.1) is 0 Å². The second kappa shape index (κ2) is 16.2. The summed E-state index contributed by atoms with van der Waals surface area (Å²) in [4.78, 5) is 0. The molecule has 50 valence electrons. The molecule has 0 aliphatic carbocycles. The lowest BCUT2D eigenvalue weighted by Crippen LogP contribution is -1.54. The predicted molar refractivity (Wildman–Crippen MR) is 46.4 cm³/mol. The van der Waals surface area contributed by atoms with Crippen LogP contribution < -0.4 is 0 Å². The summed E-state index contributed by atoms with van der Waals surface area (Å²) in [5, 5.41) is 0. The maximum Gasteiger partial charge on any atom is 0.0777 e. The number of hydrogen-bond acceptors (Lipinski definition) is 1. The molecule has 0 radical (unpaired) electrons. The normalized spacial score (nSPS) is 3.71. The van der Waals surface area contributed by atoms with Crippen molar-refractivity contribution in [3.63, 3.8) is 0 Å². The molecule has 0 aliphatic heterocycles. The first-order valence-electron chi connectivity index (χ1n) is 0.893. The molecular weight excluding hydrogens is 128 g/mol. The van der Waals surface area contributed by atoms with Gasteiger partial charge in [-0.1, -0.05) is 46.1 Å². The van der Waals surface area contributed by atoms with Crippen LogP contribution in [0.15, 0.2) is 0 Å². The van der Waals surface area contributed by atoms with Crippen LogP contribution in [0.25, 0.3) is 0 Å². The lowest BCUT2D eigenvalue weighted by atomic mass is 11.0. The zero-order valence-electron chi connectivity index (χ0n) is 2.29. The molecule has 0 heterocycles. The van der Waals surface area contributed by atoms with Gasteiger partial charge in [0, 0.05) is 1.43 Å². The molecule has 0 amide bonds. The summed E-state index contributed by atoms with van der Waals surface area (Å²) in [7, 11) is 0. The summed E-state index contributed by atoms with van der Waals surface area (Å²) in [5.41, 5.74) is 0. The smallest absolute Gasteiger partial charge is 0.0776 e. The van der Waals surface area contributed by atoms with E-state index in [-0.39, 0.29) is 23.7 Å². The molecule has 0 N–H and O–H groups in total. The standard InChI is InChI=1S/C2H3ClS.3CH4.H2/c1-2(3)4;;;;/h1H3;3*1H4;1H. The average molecular weight is 145 g/mol. The van der Waals surface area contributed by atoms with E-state index in [0.717, 1.165) is 0 Å². The number of rotatable bonds is 0. The summed E-state index contributed by atoms with van der Waals surface area (Å²) in [6, 6.07) is 0. The Hall–Kier alpha value is 0.380. The fourth-order valence-electron chi connectivity index (χ4n) is 0. The lowest BCUT2D eigenvalue weighted by molar-refractivity contribution is 2.11. The van der Waals surface area contributed by atoms with E-state index in [4.69, 9.17) is 11.6 Å². The monoisotopic (exact) mass is 144 g/mol. The third-order valence-electron chi connectivity index (χ3n) is 0. The molecule has 0 atom stereocenters. The highest BCUT2D eigenvalue weighted by molar-refractivity contribution is 7.83. The van der Waals surface area contributed by atoms with E-state index in [2.05, 4.69) is 12.2 Å². The molecule has 2 heteroatoms. The Morgan fingerprint density at radius 1 is 1.43 bits per heavy atom. The van der Waals surface area contributed by atoms with E-state index >= 15 is 0 Å². The summed E-state index contributed by atoms with van der Waals surface area (Å²) in [6.45, 7) is 1.66. The Morgan fingerprint density at radius 2 is 1.43 bits per heavy atom. The number of hydrogen-bond donors (Lipinski definition) is 0. The van der Waals surface area contributed by atoms with Crippen LogP contribution in [0.3, 0.4) is 0 Å². The molecule has 7 heavy (non-hydrogen) atoms. The topological polar surface area (TPSA) is 0 Å². The summed E-state index contributed by atoms with van der Waals surface area (Å²) in [5.74, 6) is 0. The van der Waals surface area contributed by atoms with E-state index in [0.29, 0.717) is 4.32 Å². The van der Waals surface area contributed by atoms with Gasteiger partial charge in [0.25, 0.3) is 0 Å². The van der Waals surface area contributed by atoms with Crippen molar-refractivity contribution in [1.29, 1.82) is 0 Å². The Morgan fingerprint density at radius 3 is 1.43 bits per heavy atom. The first kappa shape index (κ1) is 26.3. The maximum atomic E-state index is 5.01. The summed E-state index contributed by atoms with van der Waals surface area (Å²) in [6.07, 6.45) is 0. The fourth-order valence-corrected chi connectivity index (χ4v) is 0. The first-order chi connectivity index (χ1) is 1.73. The van der Waals surface area contributed by atoms with E-state index in [1.54, 1.807) is 6.92 Å². The SMILES string of the molecule is C.C.C.CC(=S)Cl.[HH]. The van der Waals surface area contributed by atoms with Gasteiger partial charge < -0.3 is 0 Å². The third kappa shape index (κ3) is 848. The predicted octanol–water partition coefficient (Wildman–Crippen LogP) is 3.73. The molecule has 0 spiro atoms. The van der Waals surface area contributed by atoms with Crippen LogP contribution in [0.5, 0.6) is 0 Å². The molecule has 0 saturated heterocycles. The zero-order chi connectivity index (χ0) is 3.58. The van der Waals surface area contributed by atoms with E-state index in [9.17, 15) is 0 Å². The largest absolute Gasteiger partial charge is 0.0777 e. The van der Waals surface area contributed by atoms with Crippen molar-refractivity contribution in [1.82, 2.24) is 0 Å². The van der Waals surface area contributed by atoms with Crippen molar-refractivity contribution in [2.24, 2.45) is 0 Å². The van der Waals surface area contributed by atoms with Crippen LogP contribution in [-0.4, -0.2) is 4.32 Å². The molecule has 0 rings (SSSR count). The van der Waals surface area contributed by atoms with Gasteiger partial charge in [-0.2, -0.15) is 0 Å². The Balaban J connectivity index is -0.00000000750. The highest BCUT2D eigenvalue weighted by Crippen LogP contribution is 1.75. The van der Waals surface area contributed by atoms with E-state index < -0.39 is 0 Å². The van der Waals surface area contributed by atoms with Gasteiger partial charge in [0.05, 0.1) is 4.32 Å². The molecule has 0 nitrogen and oxygen atoms in total. The van der Waals surface area contributed by atoms with Crippen LogP contribution in [0.1, 0.15) is 30.6 Å². The number of halogens is 1. The number of thiocarbonyl (C=S) groups is 1. The first-order valence-corrected chi connectivity index (χ1v) is 1.68. The molecule has 0 saturated carbocycles. The minimum Gasteiger partial charge on any atom is -0.0776 e. The minimum absolute atomic E-state index is 0. The van der Waals surface area contributed by atoms with Gasteiger partial charge in [-0.25, -0.2) is 0 Å². The van der Waals surface area contributed by atoms with Gasteiger partial charge in [-0.05, 0) is 6.92 Å². The van der Waals surface area contributed by atoms with Gasteiger partial charge in [0.1, 0.15) is 0 Å². The molecule has 0 aliphatic rings. The van der Waals surface area contributed by atoms with E-state index in [1.807, 2.05) is 0 Å². The average Bonchev–Trinajstić information content (AvgIpc) is 0.811. The quantitative estimate of drug-likeness (QED) is 0.369. The van der Waals surface area contributed by atoms with Gasteiger partial charge in [-0.15, -0.1) is 0 Å². The Labute approximate surface area is 59.4 Å². The molecule has 0 unspecified atom stereocenters. The van der Waals surface area contributed by atoms with Crippen molar-refractivity contribution in [3.8, 4) is 0 Å². The Bertz CT molecular complexity index is 35.4. The van der Waals surface area contributed by atoms with Crippen LogP contribution in [0.4, 0.5) is 0 Å². The van der Waals surface area contributed by atoms with Gasteiger partial charge in [0.2, 0.25) is 0 Å². The van der Waals surface area contributed by atoms with Crippen molar-refractivity contribution in [3.05, 3.63) is 0 Å². The van der Waals surface area contributed by atoms with Gasteiger partial charge >= 0.3 is 0 Å². The van der Waals surface area contributed by atoms with Crippen LogP contribution >= 0.6 is 23.8 Å². The fraction of sp³-hybridized carbons (Fsp3) is 0.800. The summed E-state index contributed by atoms with van der Waals surface area (Å²) < 4.78 is 0.472. The van der Waals surface area contributed by atoms with Crippen molar-refractivity contribution in [2.45, 2.75) is 29.2 Å². The van der Waals surface area contributed by atoms with Crippen molar-refractivity contribution >= 4 is 28.1 Å². The van der Waals surface area contributed by atoms with Gasteiger partial charge in [0.15, 0.2) is 0 Å². The second-order valence-corrected chi connectivity index (χ2v) is 1.87.